The Morgan fingerprint density at radius 1 is 1.07 bits per heavy atom. The molecule has 0 saturated carbocycles. The number of non-ortho nitro benzene ring substituents is 1. The van der Waals surface area contributed by atoms with Crippen molar-refractivity contribution in [3.05, 3.63) is 92.4 Å². The fourth-order valence-electron chi connectivity index (χ4n) is 2.44. The Labute approximate surface area is 170 Å². The standard InChI is InChI=1S/C21H17BrN2O4/c1-27-20-9-5-18(6-10-20)23-13-16-12-17(22)4-11-21(16)28-14-15-2-7-19(8-3-15)24(25)26/h2-13H,14H2,1H3. The van der Waals surface area contributed by atoms with Crippen LogP contribution in [0.3, 0.4) is 0 Å². The number of hydrogen-bond acceptors (Lipinski definition) is 5. The van der Waals surface area contributed by atoms with E-state index in [1.54, 1.807) is 25.5 Å². The van der Waals surface area contributed by atoms with Gasteiger partial charge in [0, 0.05) is 28.4 Å². The number of nitrogens with zero attached hydrogens (tertiary/aromatic N) is 2. The first-order valence-electron chi connectivity index (χ1n) is 8.39. The number of methoxy groups -OCH3 is 1. The van der Waals surface area contributed by atoms with Crippen molar-refractivity contribution in [1.29, 1.82) is 0 Å². The molecule has 6 nitrogen and oxygen atoms in total. The Bertz CT molecular complexity index is 986. The highest BCUT2D eigenvalue weighted by Gasteiger charge is 2.06. The third kappa shape index (κ3) is 5.17. The maximum atomic E-state index is 10.7. The zero-order chi connectivity index (χ0) is 19.9. The van der Waals surface area contributed by atoms with Gasteiger partial charge in [0.25, 0.3) is 5.69 Å². The van der Waals surface area contributed by atoms with Gasteiger partial charge >= 0.3 is 0 Å². The SMILES string of the molecule is COc1ccc(N=Cc2cc(Br)ccc2OCc2ccc([N+](=O)[O-])cc2)cc1. The Kier molecular flexibility index (Phi) is 6.39. The van der Waals surface area contributed by atoms with Gasteiger partial charge in [0.05, 0.1) is 17.7 Å². The third-order valence-electron chi connectivity index (χ3n) is 3.94. The van der Waals surface area contributed by atoms with Gasteiger partial charge in [-0.3, -0.25) is 15.1 Å². The average Bonchev–Trinajstić information content (AvgIpc) is 2.72. The fraction of sp³-hybridized carbons (Fsp3) is 0.0952. The van der Waals surface area contributed by atoms with E-state index in [9.17, 15) is 10.1 Å². The molecule has 3 rings (SSSR count). The molecule has 0 radical (unpaired) electrons. The predicted octanol–water partition coefficient (Wildman–Crippen LogP) is 5.70. The van der Waals surface area contributed by atoms with Gasteiger partial charge in [-0.05, 0) is 60.2 Å². The van der Waals surface area contributed by atoms with Crippen LogP contribution in [0.5, 0.6) is 11.5 Å². The van der Waals surface area contributed by atoms with E-state index in [0.29, 0.717) is 12.4 Å². The van der Waals surface area contributed by atoms with Crippen LogP contribution in [0.25, 0.3) is 0 Å². The summed E-state index contributed by atoms with van der Waals surface area (Å²) < 4.78 is 12.0. The molecular weight excluding hydrogens is 424 g/mol. The molecule has 7 heteroatoms. The predicted molar refractivity (Wildman–Crippen MR) is 112 cm³/mol. The molecule has 0 heterocycles. The first kappa shape index (κ1) is 19.6. The quantitative estimate of drug-likeness (QED) is 0.268. The third-order valence-corrected chi connectivity index (χ3v) is 4.43. The van der Waals surface area contributed by atoms with E-state index in [4.69, 9.17) is 9.47 Å². The van der Waals surface area contributed by atoms with Gasteiger partial charge in [-0.15, -0.1) is 0 Å². The minimum atomic E-state index is -0.424. The number of hydrogen-bond donors (Lipinski definition) is 0. The summed E-state index contributed by atoms with van der Waals surface area (Å²) in [5.41, 5.74) is 2.50. The zero-order valence-corrected chi connectivity index (χ0v) is 16.6. The van der Waals surface area contributed by atoms with E-state index >= 15 is 0 Å². The molecule has 0 aliphatic heterocycles. The van der Waals surface area contributed by atoms with Crippen LogP contribution in [-0.2, 0) is 6.61 Å². The lowest BCUT2D eigenvalue weighted by molar-refractivity contribution is -0.384. The van der Waals surface area contributed by atoms with E-state index in [-0.39, 0.29) is 5.69 Å². The summed E-state index contributed by atoms with van der Waals surface area (Å²) in [7, 11) is 1.62. The lowest BCUT2D eigenvalue weighted by atomic mass is 10.2. The number of rotatable bonds is 7. The molecular formula is C21H17BrN2O4. The number of nitro groups is 1. The van der Waals surface area contributed by atoms with Gasteiger partial charge in [-0.25, -0.2) is 0 Å². The lowest BCUT2D eigenvalue weighted by Crippen LogP contribution is -1.99. The number of aliphatic imine (C=N–C) groups is 1. The van der Waals surface area contributed by atoms with E-state index < -0.39 is 4.92 Å². The molecule has 0 bridgehead atoms. The van der Waals surface area contributed by atoms with Gasteiger partial charge in [0.2, 0.25) is 0 Å². The maximum absolute atomic E-state index is 10.7. The number of benzene rings is 3. The molecule has 0 aliphatic carbocycles. The normalized spacial score (nSPS) is 10.8. The van der Waals surface area contributed by atoms with Crippen molar-refractivity contribution in [3.8, 4) is 11.5 Å². The monoisotopic (exact) mass is 440 g/mol. The van der Waals surface area contributed by atoms with Crippen molar-refractivity contribution in [3.63, 3.8) is 0 Å². The maximum Gasteiger partial charge on any atom is 0.269 e. The number of nitro benzene ring substituents is 1. The summed E-state index contributed by atoms with van der Waals surface area (Å²) in [6, 6.07) is 19.4. The largest absolute Gasteiger partial charge is 0.497 e. The van der Waals surface area contributed by atoms with Crippen LogP contribution in [0.4, 0.5) is 11.4 Å². The van der Waals surface area contributed by atoms with Crippen LogP contribution >= 0.6 is 15.9 Å². The van der Waals surface area contributed by atoms with E-state index in [0.717, 1.165) is 27.0 Å². The van der Waals surface area contributed by atoms with Crippen LogP contribution in [0, 0.1) is 10.1 Å². The highest BCUT2D eigenvalue weighted by Crippen LogP contribution is 2.25. The zero-order valence-electron chi connectivity index (χ0n) is 15.0. The second kappa shape index (κ2) is 9.14. The molecule has 0 atom stereocenters. The molecule has 0 amide bonds. The Hall–Kier alpha value is -3.19. The summed E-state index contributed by atoms with van der Waals surface area (Å²) in [5, 5.41) is 10.7. The van der Waals surface area contributed by atoms with Gasteiger partial charge in [0.1, 0.15) is 18.1 Å². The lowest BCUT2D eigenvalue weighted by Gasteiger charge is -2.10. The molecule has 0 unspecified atom stereocenters. The molecule has 0 fully saturated rings. The fourth-order valence-corrected chi connectivity index (χ4v) is 2.82. The molecule has 0 spiro atoms. The Morgan fingerprint density at radius 2 is 1.79 bits per heavy atom. The van der Waals surface area contributed by atoms with Crippen LogP contribution in [0.15, 0.2) is 76.2 Å². The van der Waals surface area contributed by atoms with E-state index in [1.807, 2.05) is 42.5 Å². The topological polar surface area (TPSA) is 74.0 Å². The molecule has 0 saturated heterocycles. The molecule has 0 aromatic heterocycles. The van der Waals surface area contributed by atoms with Crippen molar-refractivity contribution in [2.75, 3.05) is 7.11 Å². The van der Waals surface area contributed by atoms with E-state index in [1.165, 1.54) is 12.1 Å². The number of halogens is 1. The van der Waals surface area contributed by atoms with Crippen LogP contribution in [0.2, 0.25) is 0 Å². The summed E-state index contributed by atoms with van der Waals surface area (Å²) in [4.78, 5) is 14.8. The van der Waals surface area contributed by atoms with Gasteiger partial charge in [-0.1, -0.05) is 15.9 Å². The first-order valence-corrected chi connectivity index (χ1v) is 9.18. The van der Waals surface area contributed by atoms with Crippen molar-refractivity contribution in [1.82, 2.24) is 0 Å². The van der Waals surface area contributed by atoms with Crippen molar-refractivity contribution in [2.45, 2.75) is 6.61 Å². The van der Waals surface area contributed by atoms with Gasteiger partial charge in [-0.2, -0.15) is 0 Å². The van der Waals surface area contributed by atoms with Crippen molar-refractivity contribution in [2.24, 2.45) is 4.99 Å². The van der Waals surface area contributed by atoms with Gasteiger partial charge in [0.15, 0.2) is 0 Å². The molecule has 3 aromatic carbocycles. The smallest absolute Gasteiger partial charge is 0.269 e. The van der Waals surface area contributed by atoms with Crippen molar-refractivity contribution >= 4 is 33.5 Å². The summed E-state index contributed by atoms with van der Waals surface area (Å²) in [6.45, 7) is 0.295. The minimum absolute atomic E-state index is 0.0553. The summed E-state index contributed by atoms with van der Waals surface area (Å²) in [5.74, 6) is 1.44. The molecule has 28 heavy (non-hydrogen) atoms. The second-order valence-electron chi connectivity index (χ2n) is 5.85. The molecule has 142 valence electrons. The highest BCUT2D eigenvalue weighted by molar-refractivity contribution is 9.10. The molecule has 0 aliphatic rings. The second-order valence-corrected chi connectivity index (χ2v) is 6.77. The summed E-state index contributed by atoms with van der Waals surface area (Å²) >= 11 is 3.46. The van der Waals surface area contributed by atoms with Crippen LogP contribution < -0.4 is 9.47 Å². The Morgan fingerprint density at radius 3 is 2.43 bits per heavy atom. The minimum Gasteiger partial charge on any atom is -0.497 e. The number of ether oxygens (including phenoxy) is 2. The highest BCUT2D eigenvalue weighted by atomic mass is 79.9. The van der Waals surface area contributed by atoms with Crippen LogP contribution in [0.1, 0.15) is 11.1 Å². The van der Waals surface area contributed by atoms with Crippen LogP contribution in [-0.4, -0.2) is 18.2 Å². The van der Waals surface area contributed by atoms with Gasteiger partial charge < -0.3 is 9.47 Å². The molecule has 0 N–H and O–H groups in total. The average molecular weight is 441 g/mol. The summed E-state index contributed by atoms with van der Waals surface area (Å²) in [6.07, 6.45) is 1.73. The molecule has 3 aromatic rings. The van der Waals surface area contributed by atoms with Crippen molar-refractivity contribution < 1.29 is 14.4 Å². The Balaban J connectivity index is 1.74. The van der Waals surface area contributed by atoms with E-state index in [2.05, 4.69) is 20.9 Å². The first-order chi connectivity index (χ1) is 13.5.